The van der Waals surface area contributed by atoms with Crippen LogP contribution < -0.4 is 10.1 Å². The Morgan fingerprint density at radius 3 is 2.25 bits per heavy atom. The maximum absolute atomic E-state index is 12.1. The summed E-state index contributed by atoms with van der Waals surface area (Å²) in [4.78, 5) is 35.0. The molecule has 1 aromatic carbocycles. The van der Waals surface area contributed by atoms with Gasteiger partial charge in [-0.1, -0.05) is 20.8 Å². The van der Waals surface area contributed by atoms with Gasteiger partial charge in [0.1, 0.15) is 11.8 Å². The molecule has 0 aliphatic rings. The van der Waals surface area contributed by atoms with Crippen LogP contribution >= 0.6 is 0 Å². The predicted molar refractivity (Wildman–Crippen MR) is 90.2 cm³/mol. The molecule has 6 heteroatoms. The molecular weight excluding hydrogens is 310 g/mol. The monoisotopic (exact) mass is 335 g/mol. The highest BCUT2D eigenvalue weighted by Crippen LogP contribution is 2.14. The van der Waals surface area contributed by atoms with Gasteiger partial charge in [-0.05, 0) is 36.6 Å². The Kier molecular flexibility index (Phi) is 7.95. The summed E-state index contributed by atoms with van der Waals surface area (Å²) in [5.74, 6) is -1.20. The van der Waals surface area contributed by atoms with E-state index < -0.39 is 17.9 Å². The van der Waals surface area contributed by atoms with Crippen molar-refractivity contribution in [3.05, 3.63) is 29.8 Å². The van der Waals surface area contributed by atoms with Gasteiger partial charge >= 0.3 is 5.97 Å². The van der Waals surface area contributed by atoms with Crippen molar-refractivity contribution in [2.45, 2.75) is 46.1 Å². The number of hydrogen-bond acceptors (Lipinski definition) is 4. The Labute approximate surface area is 142 Å². The van der Waals surface area contributed by atoms with Crippen molar-refractivity contribution < 1.29 is 24.2 Å². The molecule has 24 heavy (non-hydrogen) atoms. The fraction of sp³-hybridized carbons (Fsp3) is 0.500. The molecule has 1 atom stereocenters. The van der Waals surface area contributed by atoms with E-state index in [0.717, 1.165) is 6.42 Å². The van der Waals surface area contributed by atoms with Crippen LogP contribution in [0.1, 0.15) is 50.4 Å². The molecule has 2 N–H and O–H groups in total. The summed E-state index contributed by atoms with van der Waals surface area (Å²) in [7, 11) is 0. The number of nitrogens with one attached hydrogen (secondary N) is 1. The lowest BCUT2D eigenvalue weighted by Crippen LogP contribution is -2.44. The quantitative estimate of drug-likeness (QED) is 0.641. The number of amides is 1. The minimum absolute atomic E-state index is 0.0332. The summed E-state index contributed by atoms with van der Waals surface area (Å²) < 4.78 is 5.45. The second-order valence-electron chi connectivity index (χ2n) is 5.92. The Morgan fingerprint density at radius 1 is 1.12 bits per heavy atom. The number of rotatable bonds is 10. The topological polar surface area (TPSA) is 92.7 Å². The zero-order valence-corrected chi connectivity index (χ0v) is 14.4. The van der Waals surface area contributed by atoms with E-state index in [1.807, 2.05) is 6.92 Å². The van der Waals surface area contributed by atoms with Gasteiger partial charge in [-0.25, -0.2) is 4.79 Å². The SMILES string of the molecule is CCCOc1ccc(C(=O)CCC(=O)N[C@@H](C(=O)O)C(C)C)cc1. The number of carbonyl (C=O) groups excluding carboxylic acids is 2. The van der Waals surface area contributed by atoms with Crippen LogP contribution in [0.5, 0.6) is 5.75 Å². The molecule has 0 bridgehead atoms. The lowest BCUT2D eigenvalue weighted by atomic mass is 10.0. The van der Waals surface area contributed by atoms with Gasteiger partial charge in [0.25, 0.3) is 0 Å². The van der Waals surface area contributed by atoms with Crippen molar-refractivity contribution >= 4 is 17.7 Å². The van der Waals surface area contributed by atoms with Crippen LogP contribution in [-0.2, 0) is 9.59 Å². The van der Waals surface area contributed by atoms with Crippen molar-refractivity contribution in [2.24, 2.45) is 5.92 Å². The molecular formula is C18H25NO5. The van der Waals surface area contributed by atoms with E-state index in [4.69, 9.17) is 9.84 Å². The first kappa shape index (κ1) is 19.7. The number of carbonyl (C=O) groups is 3. The van der Waals surface area contributed by atoms with Crippen LogP contribution in [-0.4, -0.2) is 35.4 Å². The summed E-state index contributed by atoms with van der Waals surface area (Å²) in [6.07, 6.45) is 0.901. The minimum Gasteiger partial charge on any atom is -0.494 e. The highest BCUT2D eigenvalue weighted by molar-refractivity contribution is 5.98. The lowest BCUT2D eigenvalue weighted by Gasteiger charge is -2.17. The van der Waals surface area contributed by atoms with Crippen LogP contribution in [0.2, 0.25) is 0 Å². The second-order valence-corrected chi connectivity index (χ2v) is 5.92. The van der Waals surface area contributed by atoms with Gasteiger partial charge in [0.2, 0.25) is 5.91 Å². The number of hydrogen-bond donors (Lipinski definition) is 2. The highest BCUT2D eigenvalue weighted by Gasteiger charge is 2.23. The highest BCUT2D eigenvalue weighted by atomic mass is 16.5. The molecule has 0 fully saturated rings. The van der Waals surface area contributed by atoms with E-state index >= 15 is 0 Å². The third-order valence-electron chi connectivity index (χ3n) is 3.48. The summed E-state index contributed by atoms with van der Waals surface area (Å²) in [5.41, 5.74) is 0.505. The van der Waals surface area contributed by atoms with Crippen LogP contribution in [0.3, 0.4) is 0 Å². The van der Waals surface area contributed by atoms with E-state index in [2.05, 4.69) is 5.32 Å². The first-order valence-corrected chi connectivity index (χ1v) is 8.13. The molecule has 0 aromatic heterocycles. The molecule has 0 heterocycles. The van der Waals surface area contributed by atoms with Crippen LogP contribution in [0, 0.1) is 5.92 Å². The molecule has 1 aromatic rings. The normalized spacial score (nSPS) is 11.8. The zero-order chi connectivity index (χ0) is 18.1. The van der Waals surface area contributed by atoms with Gasteiger partial charge in [-0.3, -0.25) is 9.59 Å². The van der Waals surface area contributed by atoms with Crippen LogP contribution in [0.15, 0.2) is 24.3 Å². The Bertz CT molecular complexity index is 565. The summed E-state index contributed by atoms with van der Waals surface area (Å²) in [5, 5.41) is 11.5. The molecule has 1 amide bonds. The molecule has 0 radical (unpaired) electrons. The molecule has 132 valence electrons. The molecule has 0 aliphatic carbocycles. The number of ether oxygens (including phenoxy) is 1. The average Bonchev–Trinajstić information content (AvgIpc) is 2.55. The fourth-order valence-electron chi connectivity index (χ4n) is 2.09. The maximum Gasteiger partial charge on any atom is 0.326 e. The fourth-order valence-corrected chi connectivity index (χ4v) is 2.09. The third kappa shape index (κ3) is 6.40. The smallest absolute Gasteiger partial charge is 0.326 e. The van der Waals surface area contributed by atoms with E-state index in [1.54, 1.807) is 38.1 Å². The van der Waals surface area contributed by atoms with Crippen molar-refractivity contribution in [3.63, 3.8) is 0 Å². The Hall–Kier alpha value is -2.37. The molecule has 0 spiro atoms. The van der Waals surface area contributed by atoms with Gasteiger partial charge in [-0.2, -0.15) is 0 Å². The first-order chi connectivity index (χ1) is 11.3. The number of Topliss-reactive ketones (excluding diaryl/α,β-unsaturated/α-hetero) is 1. The van der Waals surface area contributed by atoms with Crippen molar-refractivity contribution in [3.8, 4) is 5.75 Å². The Balaban J connectivity index is 2.50. The van der Waals surface area contributed by atoms with E-state index in [1.165, 1.54) is 0 Å². The zero-order valence-electron chi connectivity index (χ0n) is 14.4. The Morgan fingerprint density at radius 2 is 1.75 bits per heavy atom. The van der Waals surface area contributed by atoms with E-state index in [0.29, 0.717) is 17.9 Å². The maximum atomic E-state index is 12.1. The molecule has 0 aliphatic heterocycles. The molecule has 0 unspecified atom stereocenters. The van der Waals surface area contributed by atoms with Gasteiger partial charge in [0.05, 0.1) is 6.61 Å². The minimum atomic E-state index is -1.08. The van der Waals surface area contributed by atoms with Crippen LogP contribution in [0.4, 0.5) is 0 Å². The standard InChI is InChI=1S/C18H25NO5/c1-4-11-24-14-7-5-13(6-8-14)15(20)9-10-16(21)19-17(12(2)3)18(22)23/h5-8,12,17H,4,9-11H2,1-3H3,(H,19,21)(H,22,23)/t17-/m1/s1. The summed E-state index contributed by atoms with van der Waals surface area (Å²) in [6.45, 7) is 6.06. The van der Waals surface area contributed by atoms with E-state index in [9.17, 15) is 14.4 Å². The number of carboxylic acids is 1. The molecule has 0 saturated carbocycles. The van der Waals surface area contributed by atoms with Gasteiger partial charge in [0, 0.05) is 18.4 Å². The predicted octanol–water partition coefficient (Wildman–Crippen LogP) is 2.66. The summed E-state index contributed by atoms with van der Waals surface area (Å²) >= 11 is 0. The largest absolute Gasteiger partial charge is 0.494 e. The average molecular weight is 335 g/mol. The number of benzene rings is 1. The van der Waals surface area contributed by atoms with Crippen molar-refractivity contribution in [1.82, 2.24) is 5.32 Å². The second kappa shape index (κ2) is 9.70. The first-order valence-electron chi connectivity index (χ1n) is 8.13. The van der Waals surface area contributed by atoms with Gasteiger partial charge < -0.3 is 15.2 Å². The van der Waals surface area contributed by atoms with Gasteiger partial charge in [-0.15, -0.1) is 0 Å². The molecule has 0 saturated heterocycles. The van der Waals surface area contributed by atoms with Crippen LogP contribution in [0.25, 0.3) is 0 Å². The van der Waals surface area contributed by atoms with Crippen molar-refractivity contribution in [1.29, 1.82) is 0 Å². The van der Waals surface area contributed by atoms with E-state index in [-0.39, 0.29) is 24.5 Å². The number of ketones is 1. The number of aliphatic carboxylic acids is 1. The third-order valence-corrected chi connectivity index (χ3v) is 3.48. The molecule has 1 rings (SSSR count). The number of carboxylic acid groups (broad SMARTS) is 1. The summed E-state index contributed by atoms with van der Waals surface area (Å²) in [6, 6.07) is 5.84. The molecule has 6 nitrogen and oxygen atoms in total. The van der Waals surface area contributed by atoms with Crippen molar-refractivity contribution in [2.75, 3.05) is 6.61 Å². The van der Waals surface area contributed by atoms with Gasteiger partial charge in [0.15, 0.2) is 5.78 Å². The lowest BCUT2D eigenvalue weighted by molar-refractivity contribution is -0.143.